The van der Waals surface area contributed by atoms with Gasteiger partial charge in [-0.2, -0.15) is 0 Å². The summed E-state index contributed by atoms with van der Waals surface area (Å²) < 4.78 is 19.3. The number of carbonyl (C=O) groups excluding carboxylic acids is 1. The maximum absolute atomic E-state index is 14.0. The van der Waals surface area contributed by atoms with Crippen LogP contribution >= 0.6 is 0 Å². The first-order valence-electron chi connectivity index (χ1n) is 7.34. The monoisotopic (exact) mass is 294 g/mol. The number of benzene rings is 1. The van der Waals surface area contributed by atoms with E-state index in [1.807, 2.05) is 20.8 Å². The Labute approximate surface area is 125 Å². The number of ether oxygens (including phenoxy) is 1. The van der Waals surface area contributed by atoms with Crippen LogP contribution in [0.2, 0.25) is 0 Å². The van der Waals surface area contributed by atoms with Gasteiger partial charge in [-0.1, -0.05) is 18.2 Å². The largest absolute Gasteiger partial charge is 0.444 e. The van der Waals surface area contributed by atoms with E-state index in [1.165, 1.54) is 6.07 Å². The number of amides is 1. The summed E-state index contributed by atoms with van der Waals surface area (Å²) in [6.45, 7) is 6.27. The summed E-state index contributed by atoms with van der Waals surface area (Å²) in [5.41, 5.74) is 0.0397. The maximum Gasteiger partial charge on any atom is 0.407 e. The molecule has 2 N–H and O–H groups in total. The molecule has 21 heavy (non-hydrogen) atoms. The van der Waals surface area contributed by atoms with Crippen LogP contribution in [0.5, 0.6) is 0 Å². The van der Waals surface area contributed by atoms with Gasteiger partial charge in [0.05, 0.1) is 12.1 Å². The first kappa shape index (κ1) is 15.8. The Bertz CT molecular complexity index is 499. The van der Waals surface area contributed by atoms with Gasteiger partial charge in [-0.25, -0.2) is 9.18 Å². The van der Waals surface area contributed by atoms with Crippen LogP contribution in [0.1, 0.15) is 45.2 Å². The van der Waals surface area contributed by atoms with Crippen LogP contribution in [-0.4, -0.2) is 24.3 Å². The lowest BCUT2D eigenvalue weighted by Crippen LogP contribution is -2.49. The molecular weight excluding hydrogens is 271 g/mol. The topological polar surface area (TPSA) is 50.4 Å². The van der Waals surface area contributed by atoms with Crippen LogP contribution < -0.4 is 10.6 Å². The second-order valence-corrected chi connectivity index (χ2v) is 6.35. The molecule has 0 aromatic heterocycles. The lowest BCUT2D eigenvalue weighted by molar-refractivity contribution is 0.0480. The Morgan fingerprint density at radius 2 is 2.10 bits per heavy atom. The fraction of sp³-hybridized carbons (Fsp3) is 0.562. The van der Waals surface area contributed by atoms with Gasteiger partial charge in [-0.3, -0.25) is 0 Å². The van der Waals surface area contributed by atoms with Crippen molar-refractivity contribution < 1.29 is 13.9 Å². The molecule has 0 aliphatic carbocycles. The third-order valence-corrected chi connectivity index (χ3v) is 3.40. The highest BCUT2D eigenvalue weighted by Crippen LogP contribution is 2.26. The third-order valence-electron chi connectivity index (χ3n) is 3.40. The third kappa shape index (κ3) is 4.43. The average molecular weight is 294 g/mol. The van der Waals surface area contributed by atoms with Crippen LogP contribution in [0.25, 0.3) is 0 Å². The van der Waals surface area contributed by atoms with Gasteiger partial charge in [0.25, 0.3) is 0 Å². The molecule has 2 rings (SSSR count). The normalized spacial score (nSPS) is 22.7. The molecule has 1 fully saturated rings. The van der Waals surface area contributed by atoms with Crippen molar-refractivity contribution >= 4 is 6.09 Å². The minimum atomic E-state index is -0.542. The van der Waals surface area contributed by atoms with Gasteiger partial charge < -0.3 is 15.4 Å². The van der Waals surface area contributed by atoms with Gasteiger partial charge in [0.1, 0.15) is 11.4 Å². The van der Waals surface area contributed by atoms with Crippen LogP contribution in [0.15, 0.2) is 24.3 Å². The molecule has 1 saturated heterocycles. The molecule has 1 aromatic carbocycles. The summed E-state index contributed by atoms with van der Waals surface area (Å²) in [6.07, 6.45) is 1.27. The van der Waals surface area contributed by atoms with Gasteiger partial charge >= 0.3 is 6.09 Å². The molecule has 1 amide bonds. The van der Waals surface area contributed by atoms with Crippen molar-refractivity contribution in [3.8, 4) is 0 Å². The molecule has 5 heteroatoms. The van der Waals surface area contributed by atoms with E-state index in [1.54, 1.807) is 18.2 Å². The SMILES string of the molecule is CC(C)(C)OC(=O)NC1CCCNC1c1ccccc1F. The number of alkyl carbamates (subject to hydrolysis) is 1. The Morgan fingerprint density at radius 3 is 2.76 bits per heavy atom. The highest BCUT2D eigenvalue weighted by Gasteiger charge is 2.30. The van der Waals surface area contributed by atoms with E-state index >= 15 is 0 Å². The highest BCUT2D eigenvalue weighted by molar-refractivity contribution is 5.68. The van der Waals surface area contributed by atoms with E-state index in [0.717, 1.165) is 19.4 Å². The molecule has 0 radical (unpaired) electrons. The molecule has 0 saturated carbocycles. The van der Waals surface area contributed by atoms with E-state index in [4.69, 9.17) is 4.74 Å². The highest BCUT2D eigenvalue weighted by atomic mass is 19.1. The van der Waals surface area contributed by atoms with E-state index in [2.05, 4.69) is 10.6 Å². The number of hydrogen-bond donors (Lipinski definition) is 2. The first-order valence-corrected chi connectivity index (χ1v) is 7.34. The number of halogens is 1. The summed E-state index contributed by atoms with van der Waals surface area (Å²) in [6, 6.07) is 6.26. The van der Waals surface area contributed by atoms with Gasteiger partial charge in [0.2, 0.25) is 0 Å². The molecule has 1 aliphatic rings. The zero-order chi connectivity index (χ0) is 15.5. The summed E-state index contributed by atoms with van der Waals surface area (Å²) in [7, 11) is 0. The molecule has 1 heterocycles. The summed E-state index contributed by atoms with van der Waals surface area (Å²) >= 11 is 0. The second kappa shape index (κ2) is 6.43. The quantitative estimate of drug-likeness (QED) is 0.881. The van der Waals surface area contributed by atoms with E-state index in [-0.39, 0.29) is 17.9 Å². The number of carbonyl (C=O) groups is 1. The maximum atomic E-state index is 14.0. The standard InChI is InChI=1S/C16H23FN2O2/c1-16(2,3)21-15(20)19-13-9-6-10-18-14(13)11-7-4-5-8-12(11)17/h4-5,7-8,13-14,18H,6,9-10H2,1-3H3,(H,19,20). The van der Waals surface area contributed by atoms with Crippen LogP contribution in [0.4, 0.5) is 9.18 Å². The van der Waals surface area contributed by atoms with Gasteiger partial charge in [-0.15, -0.1) is 0 Å². The molecule has 0 bridgehead atoms. The second-order valence-electron chi connectivity index (χ2n) is 6.35. The first-order chi connectivity index (χ1) is 9.87. The molecule has 1 aliphatic heterocycles. The Morgan fingerprint density at radius 1 is 1.38 bits per heavy atom. The number of nitrogens with one attached hydrogen (secondary N) is 2. The average Bonchev–Trinajstić information content (AvgIpc) is 2.38. The summed E-state index contributed by atoms with van der Waals surface area (Å²) in [5, 5.41) is 6.15. The minimum absolute atomic E-state index is 0.175. The van der Waals surface area contributed by atoms with E-state index < -0.39 is 11.7 Å². The van der Waals surface area contributed by atoms with Crippen molar-refractivity contribution in [2.75, 3.05) is 6.54 Å². The lowest BCUT2D eigenvalue weighted by Gasteiger charge is -2.34. The van der Waals surface area contributed by atoms with Crippen molar-refractivity contribution in [1.29, 1.82) is 0 Å². The number of piperidine rings is 1. The molecule has 0 spiro atoms. The molecule has 4 nitrogen and oxygen atoms in total. The predicted octanol–water partition coefficient (Wildman–Crippen LogP) is 3.14. The Hall–Kier alpha value is -1.62. The molecular formula is C16H23FN2O2. The fourth-order valence-corrected chi connectivity index (χ4v) is 2.56. The van der Waals surface area contributed by atoms with Crippen molar-refractivity contribution in [3.05, 3.63) is 35.6 Å². The summed E-state index contributed by atoms with van der Waals surface area (Å²) in [4.78, 5) is 11.9. The van der Waals surface area contributed by atoms with E-state index in [9.17, 15) is 9.18 Å². The lowest BCUT2D eigenvalue weighted by atomic mass is 9.92. The van der Waals surface area contributed by atoms with Crippen molar-refractivity contribution in [2.45, 2.75) is 51.3 Å². The van der Waals surface area contributed by atoms with E-state index in [0.29, 0.717) is 5.56 Å². The van der Waals surface area contributed by atoms with Crippen molar-refractivity contribution in [2.24, 2.45) is 0 Å². The van der Waals surface area contributed by atoms with Gasteiger partial charge in [-0.05, 0) is 46.2 Å². The molecule has 116 valence electrons. The smallest absolute Gasteiger partial charge is 0.407 e. The van der Waals surface area contributed by atoms with Gasteiger partial charge in [0.15, 0.2) is 0 Å². The zero-order valence-electron chi connectivity index (χ0n) is 12.8. The van der Waals surface area contributed by atoms with Gasteiger partial charge in [0, 0.05) is 5.56 Å². The summed E-state index contributed by atoms with van der Waals surface area (Å²) in [5.74, 6) is -0.257. The Kier molecular flexibility index (Phi) is 4.83. The van der Waals surface area contributed by atoms with Crippen LogP contribution in [0, 0.1) is 5.82 Å². The predicted molar refractivity (Wildman–Crippen MR) is 79.5 cm³/mol. The Balaban J connectivity index is 2.09. The fourth-order valence-electron chi connectivity index (χ4n) is 2.56. The number of rotatable bonds is 2. The molecule has 2 atom stereocenters. The number of hydrogen-bond acceptors (Lipinski definition) is 3. The van der Waals surface area contributed by atoms with Crippen molar-refractivity contribution in [3.63, 3.8) is 0 Å². The molecule has 1 aromatic rings. The zero-order valence-corrected chi connectivity index (χ0v) is 12.8. The van der Waals surface area contributed by atoms with Crippen molar-refractivity contribution in [1.82, 2.24) is 10.6 Å². The van der Waals surface area contributed by atoms with Crippen LogP contribution in [-0.2, 0) is 4.74 Å². The minimum Gasteiger partial charge on any atom is -0.444 e. The molecule has 2 unspecified atom stereocenters. The van der Waals surface area contributed by atoms with Crippen LogP contribution in [0.3, 0.4) is 0 Å².